The van der Waals surface area contributed by atoms with Gasteiger partial charge in [-0.1, -0.05) is 35.5 Å². The molecule has 1 heterocycles. The number of nitrogens with zero attached hydrogens (tertiary/aromatic N) is 2. The van der Waals surface area contributed by atoms with Gasteiger partial charge in [0.15, 0.2) is 0 Å². The quantitative estimate of drug-likeness (QED) is 0.825. The predicted octanol–water partition coefficient (Wildman–Crippen LogP) is 1.75. The number of amides is 1. The summed E-state index contributed by atoms with van der Waals surface area (Å²) in [6.45, 7) is 0. The molecule has 1 atom stereocenters. The highest BCUT2D eigenvalue weighted by atomic mass is 16.7. The Bertz CT molecular complexity index is 416. The molecule has 5 nitrogen and oxygen atoms in total. The zero-order chi connectivity index (χ0) is 11.5. The second kappa shape index (κ2) is 4.22. The van der Waals surface area contributed by atoms with Crippen LogP contribution in [0.5, 0.6) is 0 Å². The van der Waals surface area contributed by atoms with Gasteiger partial charge in [0.25, 0.3) is 0 Å². The fraction of sp³-hybridized carbons (Fsp3) is 0.273. The number of rotatable bonds is 2. The third-order valence-corrected chi connectivity index (χ3v) is 2.49. The topological polar surface area (TPSA) is 62.1 Å². The summed E-state index contributed by atoms with van der Waals surface area (Å²) >= 11 is 0. The van der Waals surface area contributed by atoms with Gasteiger partial charge in [0, 0.05) is 7.05 Å². The van der Waals surface area contributed by atoms with Crippen LogP contribution in [0.3, 0.4) is 0 Å². The number of oxime groups is 1. The Morgan fingerprint density at radius 1 is 1.50 bits per heavy atom. The highest BCUT2D eigenvalue weighted by Crippen LogP contribution is 2.18. The first kappa shape index (κ1) is 10.5. The molecule has 0 aliphatic carbocycles. The van der Waals surface area contributed by atoms with Crippen molar-refractivity contribution in [1.82, 2.24) is 4.90 Å². The van der Waals surface area contributed by atoms with Crippen LogP contribution in [-0.4, -0.2) is 35.1 Å². The Balaban J connectivity index is 2.06. The maximum Gasteiger partial charge on any atom is 0.410 e. The molecule has 1 aromatic carbocycles. The van der Waals surface area contributed by atoms with E-state index in [-0.39, 0.29) is 0 Å². The molecule has 0 saturated carbocycles. The van der Waals surface area contributed by atoms with E-state index in [2.05, 4.69) is 5.16 Å². The lowest BCUT2D eigenvalue weighted by Gasteiger charge is -2.18. The summed E-state index contributed by atoms with van der Waals surface area (Å²) in [4.78, 5) is 16.9. The molecule has 1 unspecified atom stereocenters. The molecule has 1 aliphatic heterocycles. The van der Waals surface area contributed by atoms with Gasteiger partial charge in [-0.3, -0.25) is 4.90 Å². The molecule has 0 spiro atoms. The lowest BCUT2D eigenvalue weighted by atomic mass is 10.1. The van der Waals surface area contributed by atoms with E-state index < -0.39 is 12.3 Å². The molecular weight excluding hydrogens is 208 g/mol. The first-order valence-electron chi connectivity index (χ1n) is 4.92. The van der Waals surface area contributed by atoms with Crippen LogP contribution in [0.4, 0.5) is 4.79 Å². The Morgan fingerprint density at radius 3 is 2.81 bits per heavy atom. The van der Waals surface area contributed by atoms with Crippen molar-refractivity contribution in [2.24, 2.45) is 5.16 Å². The van der Waals surface area contributed by atoms with Crippen molar-refractivity contribution in [3.8, 4) is 0 Å². The number of carboxylic acid groups (broad SMARTS) is 1. The summed E-state index contributed by atoms with van der Waals surface area (Å²) in [6.07, 6.45) is -1.06. The smallest absolute Gasteiger partial charge is 0.410 e. The molecule has 1 N–H and O–H groups in total. The normalized spacial score (nSPS) is 18.8. The summed E-state index contributed by atoms with van der Waals surface area (Å²) in [5.41, 5.74) is 1.74. The van der Waals surface area contributed by atoms with Crippen molar-refractivity contribution in [2.75, 3.05) is 7.05 Å². The number of carbonyl (C=O) groups is 1. The summed E-state index contributed by atoms with van der Waals surface area (Å²) in [6, 6.07) is 9.58. The number of benzene rings is 1. The average Bonchev–Trinajstić information content (AvgIpc) is 2.78. The van der Waals surface area contributed by atoms with Gasteiger partial charge in [0.2, 0.25) is 6.23 Å². The van der Waals surface area contributed by atoms with Gasteiger partial charge in [0.05, 0.1) is 12.1 Å². The first-order valence-corrected chi connectivity index (χ1v) is 4.92. The molecule has 16 heavy (non-hydrogen) atoms. The largest absolute Gasteiger partial charge is 0.465 e. The molecule has 0 saturated heterocycles. The van der Waals surface area contributed by atoms with Crippen molar-refractivity contribution >= 4 is 11.8 Å². The van der Waals surface area contributed by atoms with Gasteiger partial charge in [-0.05, 0) is 5.56 Å². The van der Waals surface area contributed by atoms with Crippen molar-refractivity contribution in [1.29, 1.82) is 0 Å². The van der Waals surface area contributed by atoms with E-state index in [0.717, 1.165) is 16.2 Å². The molecule has 0 radical (unpaired) electrons. The Hall–Kier alpha value is -2.04. The number of hydrogen-bond acceptors (Lipinski definition) is 3. The zero-order valence-electron chi connectivity index (χ0n) is 8.83. The van der Waals surface area contributed by atoms with Gasteiger partial charge in [-0.25, -0.2) is 4.79 Å². The maximum absolute atomic E-state index is 10.7. The molecule has 84 valence electrons. The van der Waals surface area contributed by atoms with Crippen LogP contribution in [0.1, 0.15) is 12.0 Å². The summed E-state index contributed by atoms with van der Waals surface area (Å²) < 4.78 is 0. The second-order valence-electron chi connectivity index (χ2n) is 3.56. The monoisotopic (exact) mass is 220 g/mol. The molecule has 0 fully saturated rings. The van der Waals surface area contributed by atoms with E-state index in [1.54, 1.807) is 0 Å². The van der Waals surface area contributed by atoms with Crippen LogP contribution in [0.15, 0.2) is 35.5 Å². The summed E-state index contributed by atoms with van der Waals surface area (Å²) in [7, 11) is 1.47. The SMILES string of the molecule is CN(C(=O)O)C1CC(c2ccccc2)=NO1. The molecular formula is C11H12N2O3. The van der Waals surface area contributed by atoms with E-state index >= 15 is 0 Å². The predicted molar refractivity (Wildman–Crippen MR) is 58.3 cm³/mol. The molecule has 1 amide bonds. The highest BCUT2D eigenvalue weighted by molar-refractivity contribution is 6.01. The summed E-state index contributed by atoms with van der Waals surface area (Å²) in [5, 5.41) is 12.7. The first-order chi connectivity index (χ1) is 7.68. The van der Waals surface area contributed by atoms with Crippen LogP contribution in [0.25, 0.3) is 0 Å². The van der Waals surface area contributed by atoms with Crippen molar-refractivity contribution in [3.05, 3.63) is 35.9 Å². The molecule has 1 aliphatic rings. The Morgan fingerprint density at radius 2 is 2.19 bits per heavy atom. The van der Waals surface area contributed by atoms with Crippen LogP contribution in [-0.2, 0) is 4.84 Å². The highest BCUT2D eigenvalue weighted by Gasteiger charge is 2.28. The van der Waals surface area contributed by atoms with Crippen molar-refractivity contribution in [3.63, 3.8) is 0 Å². The third kappa shape index (κ3) is 1.98. The fourth-order valence-electron chi connectivity index (χ4n) is 1.50. The van der Waals surface area contributed by atoms with Crippen molar-refractivity contribution < 1.29 is 14.7 Å². The minimum absolute atomic E-state index is 0.479. The van der Waals surface area contributed by atoms with E-state index in [9.17, 15) is 4.79 Å². The van der Waals surface area contributed by atoms with Crippen LogP contribution >= 0.6 is 0 Å². The second-order valence-corrected chi connectivity index (χ2v) is 3.56. The number of hydrogen-bond donors (Lipinski definition) is 1. The molecule has 5 heteroatoms. The minimum Gasteiger partial charge on any atom is -0.465 e. The van der Waals surface area contributed by atoms with Gasteiger partial charge in [0.1, 0.15) is 0 Å². The van der Waals surface area contributed by atoms with Gasteiger partial charge in [-0.15, -0.1) is 0 Å². The maximum atomic E-state index is 10.7. The van der Waals surface area contributed by atoms with E-state index in [1.807, 2.05) is 30.3 Å². The minimum atomic E-state index is -1.02. The van der Waals surface area contributed by atoms with E-state index in [1.165, 1.54) is 7.05 Å². The molecule has 0 aromatic heterocycles. The molecule has 1 aromatic rings. The third-order valence-electron chi connectivity index (χ3n) is 2.49. The van der Waals surface area contributed by atoms with E-state index in [0.29, 0.717) is 6.42 Å². The van der Waals surface area contributed by atoms with Gasteiger partial charge in [-0.2, -0.15) is 0 Å². The molecule has 2 rings (SSSR count). The van der Waals surface area contributed by atoms with Gasteiger partial charge >= 0.3 is 6.09 Å². The van der Waals surface area contributed by atoms with Crippen LogP contribution in [0, 0.1) is 0 Å². The molecule has 0 bridgehead atoms. The Labute approximate surface area is 92.9 Å². The zero-order valence-corrected chi connectivity index (χ0v) is 8.83. The van der Waals surface area contributed by atoms with Crippen LogP contribution < -0.4 is 0 Å². The standard InChI is InChI=1S/C11H12N2O3/c1-13(11(14)15)10-7-9(12-16-10)8-5-3-2-4-6-8/h2-6,10H,7H2,1H3,(H,14,15). The summed E-state index contributed by atoms with van der Waals surface area (Å²) in [5.74, 6) is 0. The van der Waals surface area contributed by atoms with Crippen molar-refractivity contribution in [2.45, 2.75) is 12.6 Å². The lowest BCUT2D eigenvalue weighted by Crippen LogP contribution is -2.35. The lowest BCUT2D eigenvalue weighted by molar-refractivity contribution is -0.0143. The van der Waals surface area contributed by atoms with Crippen LogP contribution in [0.2, 0.25) is 0 Å². The van der Waals surface area contributed by atoms with E-state index in [4.69, 9.17) is 9.94 Å². The fourth-order valence-corrected chi connectivity index (χ4v) is 1.50. The van der Waals surface area contributed by atoms with Gasteiger partial charge < -0.3 is 9.94 Å². The Kier molecular flexibility index (Phi) is 2.76. The average molecular weight is 220 g/mol.